The van der Waals surface area contributed by atoms with Gasteiger partial charge in [-0.1, -0.05) is 19.1 Å². The lowest BCUT2D eigenvalue weighted by Gasteiger charge is -2.06. The fourth-order valence-electron chi connectivity index (χ4n) is 1.18. The number of carbonyl (C=O) groups is 1. The van der Waals surface area contributed by atoms with Crippen LogP contribution in [-0.2, 0) is 6.42 Å². The largest absolute Gasteiger partial charge is 0.337 e. The van der Waals surface area contributed by atoms with Crippen LogP contribution in [0.25, 0.3) is 0 Å². The second-order valence-electron chi connectivity index (χ2n) is 3.22. The molecule has 0 radical (unpaired) electrons. The zero-order chi connectivity index (χ0) is 11.1. The third-order valence-electron chi connectivity index (χ3n) is 2.05. The van der Waals surface area contributed by atoms with Crippen molar-refractivity contribution in [3.63, 3.8) is 0 Å². The Balaban J connectivity index is 2.46. The topological polar surface area (TPSA) is 67.2 Å². The van der Waals surface area contributed by atoms with E-state index >= 15 is 0 Å². The van der Waals surface area contributed by atoms with Crippen LogP contribution in [0, 0.1) is 0 Å². The van der Waals surface area contributed by atoms with Gasteiger partial charge in [0.15, 0.2) is 0 Å². The van der Waals surface area contributed by atoms with Gasteiger partial charge >= 0.3 is 6.03 Å². The summed E-state index contributed by atoms with van der Waals surface area (Å²) in [6.45, 7) is 3.03. The predicted molar refractivity (Wildman–Crippen MR) is 61.9 cm³/mol. The molecule has 0 saturated carbocycles. The van der Waals surface area contributed by atoms with E-state index in [1.807, 2.05) is 24.3 Å². The summed E-state index contributed by atoms with van der Waals surface area (Å²) >= 11 is 0. The summed E-state index contributed by atoms with van der Waals surface area (Å²) in [5, 5.41) is 5.36. The number of urea groups is 1. The number of nitrogens with two attached hydrogens (primary N) is 1. The molecule has 1 rings (SSSR count). The minimum atomic E-state index is -0.218. The average molecular weight is 207 g/mol. The molecule has 4 heteroatoms. The highest BCUT2D eigenvalue weighted by Crippen LogP contribution is 2.09. The zero-order valence-electron chi connectivity index (χ0n) is 8.92. The van der Waals surface area contributed by atoms with E-state index in [0.717, 1.165) is 12.1 Å². The van der Waals surface area contributed by atoms with E-state index in [0.29, 0.717) is 13.1 Å². The lowest BCUT2D eigenvalue weighted by Crippen LogP contribution is -2.32. The molecule has 1 aromatic rings. The molecular weight excluding hydrogens is 190 g/mol. The Kier molecular flexibility index (Phi) is 4.63. The van der Waals surface area contributed by atoms with Crippen molar-refractivity contribution in [2.75, 3.05) is 18.4 Å². The number of anilines is 1. The number of aryl methyl sites for hydroxylation is 1. The second-order valence-corrected chi connectivity index (χ2v) is 3.22. The summed E-state index contributed by atoms with van der Waals surface area (Å²) in [4.78, 5) is 11.2. The molecule has 0 aromatic heterocycles. The normalized spacial score (nSPS) is 9.73. The number of carbonyl (C=O) groups excluding carboxylic acids is 1. The van der Waals surface area contributed by atoms with Gasteiger partial charge in [0.1, 0.15) is 0 Å². The first-order valence-corrected chi connectivity index (χ1v) is 5.10. The maximum absolute atomic E-state index is 11.2. The van der Waals surface area contributed by atoms with Gasteiger partial charge in [-0.05, 0) is 24.1 Å². The third kappa shape index (κ3) is 3.99. The van der Waals surface area contributed by atoms with Crippen LogP contribution in [0.1, 0.15) is 12.5 Å². The molecule has 0 aliphatic heterocycles. The lowest BCUT2D eigenvalue weighted by molar-refractivity contribution is 0.252. The second kappa shape index (κ2) is 6.03. The van der Waals surface area contributed by atoms with Crippen molar-refractivity contribution >= 4 is 11.7 Å². The van der Waals surface area contributed by atoms with Crippen molar-refractivity contribution in [3.05, 3.63) is 29.8 Å². The van der Waals surface area contributed by atoms with Gasteiger partial charge in [0, 0.05) is 18.8 Å². The molecule has 82 valence electrons. The monoisotopic (exact) mass is 207 g/mol. The zero-order valence-corrected chi connectivity index (χ0v) is 8.92. The maximum Gasteiger partial charge on any atom is 0.319 e. The van der Waals surface area contributed by atoms with E-state index in [2.05, 4.69) is 17.6 Å². The van der Waals surface area contributed by atoms with E-state index in [1.54, 1.807) is 0 Å². The van der Waals surface area contributed by atoms with Gasteiger partial charge in [0.2, 0.25) is 0 Å². The predicted octanol–water partition coefficient (Wildman–Crippen LogP) is 1.33. The Bertz CT molecular complexity index is 308. The highest BCUT2D eigenvalue weighted by Gasteiger charge is 1.99. The quantitative estimate of drug-likeness (QED) is 0.697. The van der Waals surface area contributed by atoms with E-state index < -0.39 is 0 Å². The first kappa shape index (κ1) is 11.5. The molecule has 1 aromatic carbocycles. The Morgan fingerprint density at radius 2 is 2.00 bits per heavy atom. The first-order valence-electron chi connectivity index (χ1n) is 5.10. The van der Waals surface area contributed by atoms with Crippen LogP contribution in [0.5, 0.6) is 0 Å². The van der Waals surface area contributed by atoms with Crippen LogP contribution in [0.4, 0.5) is 10.5 Å². The number of nitrogens with one attached hydrogen (secondary N) is 2. The molecule has 4 N–H and O–H groups in total. The van der Waals surface area contributed by atoms with Crippen molar-refractivity contribution in [2.24, 2.45) is 5.73 Å². The summed E-state index contributed by atoms with van der Waals surface area (Å²) < 4.78 is 0. The van der Waals surface area contributed by atoms with Crippen LogP contribution in [0.3, 0.4) is 0 Å². The van der Waals surface area contributed by atoms with Crippen LogP contribution < -0.4 is 16.4 Å². The van der Waals surface area contributed by atoms with Crippen LogP contribution in [0.2, 0.25) is 0 Å². The molecule has 0 bridgehead atoms. The molecule has 0 atom stereocenters. The molecule has 4 nitrogen and oxygen atoms in total. The summed E-state index contributed by atoms with van der Waals surface area (Å²) in [7, 11) is 0. The van der Waals surface area contributed by atoms with Gasteiger partial charge in [0.25, 0.3) is 0 Å². The third-order valence-corrected chi connectivity index (χ3v) is 2.05. The average Bonchev–Trinajstić information content (AvgIpc) is 2.27. The van der Waals surface area contributed by atoms with Crippen molar-refractivity contribution < 1.29 is 4.79 Å². The Morgan fingerprint density at radius 1 is 1.33 bits per heavy atom. The Labute approximate surface area is 89.9 Å². The molecule has 15 heavy (non-hydrogen) atoms. The van der Waals surface area contributed by atoms with Crippen molar-refractivity contribution in [1.82, 2.24) is 5.32 Å². The van der Waals surface area contributed by atoms with E-state index in [-0.39, 0.29) is 6.03 Å². The first-order chi connectivity index (χ1) is 7.26. The number of amides is 2. The van der Waals surface area contributed by atoms with Crippen LogP contribution >= 0.6 is 0 Å². The molecular formula is C11H17N3O. The van der Waals surface area contributed by atoms with Gasteiger partial charge in [0.05, 0.1) is 0 Å². The SMILES string of the molecule is CCc1ccc(NC(=O)NCCN)cc1. The Morgan fingerprint density at radius 3 is 2.53 bits per heavy atom. The fraction of sp³-hybridized carbons (Fsp3) is 0.364. The number of hydrogen-bond acceptors (Lipinski definition) is 2. The van der Waals surface area contributed by atoms with Crippen molar-refractivity contribution in [1.29, 1.82) is 0 Å². The van der Waals surface area contributed by atoms with Crippen LogP contribution in [-0.4, -0.2) is 19.1 Å². The standard InChI is InChI=1S/C11H17N3O/c1-2-9-3-5-10(6-4-9)14-11(15)13-8-7-12/h3-6H,2,7-8,12H2,1H3,(H2,13,14,15). The van der Waals surface area contributed by atoms with Crippen molar-refractivity contribution in [2.45, 2.75) is 13.3 Å². The summed E-state index contributed by atoms with van der Waals surface area (Å²) in [6.07, 6.45) is 1.000. The van der Waals surface area contributed by atoms with Gasteiger partial charge in [-0.3, -0.25) is 0 Å². The summed E-state index contributed by atoms with van der Waals surface area (Å²) in [5.74, 6) is 0. The maximum atomic E-state index is 11.2. The molecule has 0 aliphatic rings. The van der Waals surface area contributed by atoms with Gasteiger partial charge in [-0.15, -0.1) is 0 Å². The van der Waals surface area contributed by atoms with E-state index in [4.69, 9.17) is 5.73 Å². The molecule has 0 unspecified atom stereocenters. The molecule has 0 spiro atoms. The van der Waals surface area contributed by atoms with Gasteiger partial charge in [-0.2, -0.15) is 0 Å². The molecule has 2 amide bonds. The lowest BCUT2D eigenvalue weighted by atomic mass is 10.1. The Hall–Kier alpha value is -1.55. The van der Waals surface area contributed by atoms with E-state index in [1.165, 1.54) is 5.56 Å². The number of hydrogen-bond donors (Lipinski definition) is 3. The number of rotatable bonds is 4. The summed E-state index contributed by atoms with van der Waals surface area (Å²) in [6, 6.07) is 7.56. The van der Waals surface area contributed by atoms with Crippen LogP contribution in [0.15, 0.2) is 24.3 Å². The smallest absolute Gasteiger partial charge is 0.319 e. The van der Waals surface area contributed by atoms with Gasteiger partial charge < -0.3 is 16.4 Å². The minimum Gasteiger partial charge on any atom is -0.337 e. The number of benzene rings is 1. The minimum absolute atomic E-state index is 0.218. The fourth-order valence-corrected chi connectivity index (χ4v) is 1.18. The molecule has 0 heterocycles. The van der Waals surface area contributed by atoms with E-state index in [9.17, 15) is 4.79 Å². The van der Waals surface area contributed by atoms with Gasteiger partial charge in [-0.25, -0.2) is 4.79 Å². The summed E-state index contributed by atoms with van der Waals surface area (Å²) in [5.41, 5.74) is 7.31. The highest BCUT2D eigenvalue weighted by molar-refractivity contribution is 5.89. The highest BCUT2D eigenvalue weighted by atomic mass is 16.2. The molecule has 0 aliphatic carbocycles. The molecule has 0 fully saturated rings. The van der Waals surface area contributed by atoms with Crippen molar-refractivity contribution in [3.8, 4) is 0 Å². The molecule has 0 saturated heterocycles.